The van der Waals surface area contributed by atoms with Crippen LogP contribution in [0.25, 0.3) is 10.8 Å². The van der Waals surface area contributed by atoms with Gasteiger partial charge < -0.3 is 18.9 Å². The van der Waals surface area contributed by atoms with E-state index in [1.54, 1.807) is 39.8 Å². The smallest absolute Gasteiger partial charge is 0.229 e. The highest BCUT2D eigenvalue weighted by Gasteiger charge is 2.17. The number of fused-ring (bicyclic) bond motifs is 1. The molecule has 0 atom stereocenters. The molecule has 0 amide bonds. The van der Waals surface area contributed by atoms with Crippen LogP contribution in [0.15, 0.2) is 36.7 Å². The number of sulfonamides is 1. The zero-order valence-electron chi connectivity index (χ0n) is 18.6. The molecular weight excluding hydrogens is 456 g/mol. The second-order valence-electron chi connectivity index (χ2n) is 6.85. The van der Waals surface area contributed by atoms with Crippen LogP contribution in [-0.2, 0) is 16.4 Å². The first-order chi connectivity index (χ1) is 14.8. The third-order valence-corrected chi connectivity index (χ3v) is 5.27. The summed E-state index contributed by atoms with van der Waals surface area (Å²) in [6.45, 7) is 2.25. The van der Waals surface area contributed by atoms with Crippen molar-refractivity contribution >= 4 is 38.9 Å². The van der Waals surface area contributed by atoms with E-state index in [1.807, 2.05) is 25.1 Å². The molecule has 0 saturated heterocycles. The lowest BCUT2D eigenvalue weighted by molar-refractivity contribution is 0.324. The fourth-order valence-electron chi connectivity index (χ4n) is 3.45. The first-order valence-electron chi connectivity index (χ1n) is 9.60. The molecule has 0 aliphatic heterocycles. The summed E-state index contributed by atoms with van der Waals surface area (Å²) in [6, 6.07) is 7.43. The monoisotopic (exact) mass is 482 g/mol. The number of rotatable bonds is 9. The number of halogens is 1. The molecule has 8 nitrogen and oxygen atoms in total. The molecule has 2 aromatic carbocycles. The fourth-order valence-corrected chi connectivity index (χ4v) is 4.03. The molecular formula is C22H27ClN2O6S. The Labute approximate surface area is 194 Å². The Kier molecular flexibility index (Phi) is 8.40. The number of benzene rings is 2. The van der Waals surface area contributed by atoms with Gasteiger partial charge in [0.05, 0.1) is 39.9 Å². The Morgan fingerprint density at radius 1 is 0.938 bits per heavy atom. The molecule has 0 aliphatic rings. The molecule has 0 bridgehead atoms. The van der Waals surface area contributed by atoms with Gasteiger partial charge in [-0.05, 0) is 48.1 Å². The number of methoxy groups -OCH3 is 3. The average molecular weight is 483 g/mol. The van der Waals surface area contributed by atoms with Crippen molar-refractivity contribution in [1.29, 1.82) is 0 Å². The van der Waals surface area contributed by atoms with E-state index < -0.39 is 10.0 Å². The third kappa shape index (κ3) is 5.46. The SMILES string of the molecule is CCOc1ccc2c(Cc3cc(OC)c(OC)c(OC)c3)cncc2c1NS(C)(=O)=O.Cl. The summed E-state index contributed by atoms with van der Waals surface area (Å²) in [7, 11) is 1.18. The third-order valence-electron chi connectivity index (χ3n) is 4.69. The predicted octanol–water partition coefficient (Wildman–Crippen LogP) is 4.04. The molecule has 0 fully saturated rings. The van der Waals surface area contributed by atoms with Gasteiger partial charge in [-0.25, -0.2) is 8.42 Å². The zero-order chi connectivity index (χ0) is 22.6. The highest BCUT2D eigenvalue weighted by Crippen LogP contribution is 2.40. The van der Waals surface area contributed by atoms with E-state index in [2.05, 4.69) is 9.71 Å². The number of hydrogen-bond acceptors (Lipinski definition) is 7. The van der Waals surface area contributed by atoms with E-state index in [9.17, 15) is 8.42 Å². The second-order valence-corrected chi connectivity index (χ2v) is 8.60. The van der Waals surface area contributed by atoms with Crippen molar-refractivity contribution in [2.75, 3.05) is 38.9 Å². The van der Waals surface area contributed by atoms with Crippen molar-refractivity contribution in [3.05, 3.63) is 47.8 Å². The first-order valence-corrected chi connectivity index (χ1v) is 11.5. The molecule has 174 valence electrons. The number of pyridine rings is 1. The van der Waals surface area contributed by atoms with E-state index in [-0.39, 0.29) is 12.4 Å². The lowest BCUT2D eigenvalue weighted by Crippen LogP contribution is -2.11. The molecule has 3 aromatic rings. The van der Waals surface area contributed by atoms with Gasteiger partial charge >= 0.3 is 0 Å². The molecule has 1 N–H and O–H groups in total. The maximum atomic E-state index is 12.0. The van der Waals surface area contributed by atoms with Crippen molar-refractivity contribution in [3.63, 3.8) is 0 Å². The molecule has 0 aliphatic carbocycles. The van der Waals surface area contributed by atoms with Crippen LogP contribution in [0.5, 0.6) is 23.0 Å². The summed E-state index contributed by atoms with van der Waals surface area (Å²) in [5.41, 5.74) is 2.21. The molecule has 0 radical (unpaired) electrons. The summed E-state index contributed by atoms with van der Waals surface area (Å²) in [5.74, 6) is 2.09. The lowest BCUT2D eigenvalue weighted by Gasteiger charge is -2.17. The normalized spacial score (nSPS) is 10.9. The minimum absolute atomic E-state index is 0. The predicted molar refractivity (Wildman–Crippen MR) is 128 cm³/mol. The van der Waals surface area contributed by atoms with E-state index in [0.29, 0.717) is 47.1 Å². The van der Waals surface area contributed by atoms with Crippen molar-refractivity contribution in [2.45, 2.75) is 13.3 Å². The summed E-state index contributed by atoms with van der Waals surface area (Å²) in [4.78, 5) is 4.34. The number of hydrogen-bond donors (Lipinski definition) is 1. The van der Waals surface area contributed by atoms with Crippen LogP contribution in [0.4, 0.5) is 5.69 Å². The first kappa shape index (κ1) is 25.4. The van der Waals surface area contributed by atoms with Crippen LogP contribution < -0.4 is 23.7 Å². The van der Waals surface area contributed by atoms with E-state index in [4.69, 9.17) is 18.9 Å². The summed E-state index contributed by atoms with van der Waals surface area (Å²) < 4.78 is 48.4. The lowest BCUT2D eigenvalue weighted by atomic mass is 9.99. The van der Waals surface area contributed by atoms with Crippen LogP contribution in [-0.4, -0.2) is 47.6 Å². The number of aromatic nitrogens is 1. The fraction of sp³-hybridized carbons (Fsp3) is 0.318. The number of nitrogens with zero attached hydrogens (tertiary/aromatic N) is 1. The van der Waals surface area contributed by atoms with Gasteiger partial charge in [-0.3, -0.25) is 9.71 Å². The Balaban J connectivity index is 0.00000363. The van der Waals surface area contributed by atoms with Gasteiger partial charge in [0.15, 0.2) is 11.5 Å². The Morgan fingerprint density at radius 3 is 2.12 bits per heavy atom. The number of ether oxygens (including phenoxy) is 4. The number of nitrogens with one attached hydrogen (secondary N) is 1. The Bertz CT molecular complexity index is 1180. The van der Waals surface area contributed by atoms with Crippen LogP contribution in [0.2, 0.25) is 0 Å². The molecule has 0 unspecified atom stereocenters. The average Bonchev–Trinajstić information content (AvgIpc) is 2.74. The van der Waals surface area contributed by atoms with E-state index in [1.165, 1.54) is 0 Å². The Hall–Kier alpha value is -2.91. The van der Waals surface area contributed by atoms with Gasteiger partial charge in [-0.2, -0.15) is 0 Å². The van der Waals surface area contributed by atoms with Gasteiger partial charge in [-0.1, -0.05) is 6.07 Å². The summed E-state index contributed by atoms with van der Waals surface area (Å²) >= 11 is 0. The molecule has 32 heavy (non-hydrogen) atoms. The highest BCUT2D eigenvalue weighted by atomic mass is 35.5. The van der Waals surface area contributed by atoms with Gasteiger partial charge in [0.2, 0.25) is 15.8 Å². The zero-order valence-corrected chi connectivity index (χ0v) is 20.2. The van der Waals surface area contributed by atoms with Crippen LogP contribution in [0, 0.1) is 0 Å². The van der Waals surface area contributed by atoms with Crippen molar-refractivity contribution in [2.24, 2.45) is 0 Å². The van der Waals surface area contributed by atoms with Crippen LogP contribution >= 0.6 is 12.4 Å². The van der Waals surface area contributed by atoms with Gasteiger partial charge in [0.25, 0.3) is 0 Å². The maximum Gasteiger partial charge on any atom is 0.229 e. The highest BCUT2D eigenvalue weighted by molar-refractivity contribution is 7.92. The minimum Gasteiger partial charge on any atom is -0.493 e. The van der Waals surface area contributed by atoms with Crippen molar-refractivity contribution < 1.29 is 27.4 Å². The van der Waals surface area contributed by atoms with Crippen LogP contribution in [0.1, 0.15) is 18.1 Å². The van der Waals surface area contributed by atoms with Gasteiger partial charge in [-0.15, -0.1) is 12.4 Å². The molecule has 1 heterocycles. The van der Waals surface area contributed by atoms with Gasteiger partial charge in [0, 0.05) is 17.8 Å². The summed E-state index contributed by atoms with van der Waals surface area (Å²) in [5, 5.41) is 1.51. The molecule has 3 rings (SSSR count). The summed E-state index contributed by atoms with van der Waals surface area (Å²) in [6.07, 6.45) is 5.02. The van der Waals surface area contributed by atoms with E-state index >= 15 is 0 Å². The minimum atomic E-state index is -3.51. The topological polar surface area (TPSA) is 96.0 Å². The van der Waals surface area contributed by atoms with E-state index in [0.717, 1.165) is 22.8 Å². The number of anilines is 1. The van der Waals surface area contributed by atoms with Crippen molar-refractivity contribution in [3.8, 4) is 23.0 Å². The molecule has 0 spiro atoms. The Morgan fingerprint density at radius 2 is 1.59 bits per heavy atom. The standard InChI is InChI=1S/C22H26N2O6S.ClH/c1-6-30-18-8-7-16-15(12-23-13-17(16)21(18)24-31(5,25)26)9-14-10-19(27-2)22(29-4)20(11-14)28-3;/h7-8,10-13,24H,6,9H2,1-5H3;1H. The molecule has 1 aromatic heterocycles. The van der Waals surface area contributed by atoms with Crippen molar-refractivity contribution in [1.82, 2.24) is 4.98 Å². The second kappa shape index (κ2) is 10.6. The maximum absolute atomic E-state index is 12.0. The van der Waals surface area contributed by atoms with Gasteiger partial charge in [0.1, 0.15) is 5.75 Å². The molecule has 10 heteroatoms. The largest absolute Gasteiger partial charge is 0.493 e. The molecule has 0 saturated carbocycles. The quantitative estimate of drug-likeness (QED) is 0.491. The van der Waals surface area contributed by atoms with Crippen LogP contribution in [0.3, 0.4) is 0 Å².